The van der Waals surface area contributed by atoms with E-state index in [2.05, 4.69) is 102 Å². The van der Waals surface area contributed by atoms with Gasteiger partial charge in [-0.15, -0.1) is 0 Å². The summed E-state index contributed by atoms with van der Waals surface area (Å²) in [7, 11) is 0. The molecule has 0 aromatic rings. The fourth-order valence-electron chi connectivity index (χ4n) is 8.35. The van der Waals surface area contributed by atoms with Crippen LogP contribution in [0.5, 0.6) is 0 Å². The average Bonchev–Trinajstić information content (AvgIpc) is 3.20. The van der Waals surface area contributed by atoms with E-state index in [1.165, 1.54) is 60.5 Å². The van der Waals surface area contributed by atoms with Gasteiger partial charge < -0.3 is 16.0 Å². The number of amides is 3. The third-order valence-corrected chi connectivity index (χ3v) is 12.1. The third-order valence-electron chi connectivity index (χ3n) is 12.1. The molecule has 7 heteroatoms. The molecule has 1 unspecified atom stereocenters. The quantitative estimate of drug-likeness (QED) is 0.0435. The van der Waals surface area contributed by atoms with Crippen LogP contribution in [0, 0.1) is 16.7 Å². The molecule has 1 atom stereocenters. The third kappa shape index (κ3) is 22.5. The van der Waals surface area contributed by atoms with Gasteiger partial charge in [0.2, 0.25) is 17.7 Å². The lowest BCUT2D eigenvalue weighted by Gasteiger charge is -2.32. The molecule has 7 nitrogen and oxygen atoms in total. The summed E-state index contributed by atoms with van der Waals surface area (Å²) in [4.78, 5) is 50.9. The molecule has 3 amide bonds. The Morgan fingerprint density at radius 3 is 1.85 bits per heavy atom. The number of nitrogens with one attached hydrogen (secondary N) is 3. The van der Waals surface area contributed by atoms with Gasteiger partial charge in [-0.2, -0.15) is 0 Å². The predicted molar refractivity (Wildman–Crippen MR) is 262 cm³/mol. The van der Waals surface area contributed by atoms with E-state index in [-0.39, 0.29) is 40.8 Å². The van der Waals surface area contributed by atoms with Gasteiger partial charge in [0.05, 0.1) is 0 Å². The van der Waals surface area contributed by atoms with E-state index >= 15 is 0 Å². The minimum atomic E-state index is -0.457. The molecule has 62 heavy (non-hydrogen) atoms. The highest BCUT2D eigenvalue weighted by Gasteiger charge is 2.27. The molecular formula is C55H83N3O4. The zero-order valence-corrected chi connectivity index (χ0v) is 40.2. The largest absolute Gasteiger partial charge is 0.356 e. The fourth-order valence-corrected chi connectivity index (χ4v) is 8.35. The minimum absolute atomic E-state index is 0.0772. The fraction of sp³-hybridized carbons (Fsp3) is 0.564. The second-order valence-electron chi connectivity index (χ2n) is 18.8. The first kappa shape index (κ1) is 53.6. The van der Waals surface area contributed by atoms with E-state index in [0.29, 0.717) is 45.3 Å². The van der Waals surface area contributed by atoms with Gasteiger partial charge in [-0.25, -0.2) is 0 Å². The van der Waals surface area contributed by atoms with Crippen molar-refractivity contribution < 1.29 is 19.2 Å². The Morgan fingerprint density at radius 2 is 1.21 bits per heavy atom. The molecule has 0 aromatic heterocycles. The molecule has 2 rings (SSSR count). The summed E-state index contributed by atoms with van der Waals surface area (Å²) in [6, 6.07) is 0. The first-order chi connectivity index (χ1) is 29.6. The SMILES string of the molecule is CCCCC(=O)NCCCCCNC(=O)C(CCCCNC(=O)/C=C/C=C/C=C/C=C/C1=C(C)CCCC1(C)C)CC(=O)/C=C(C)/C=C/C=C(C)/C=C/C1=C(C)CCCC1(C)C. The maximum absolute atomic E-state index is 13.4. The number of hydrogen-bond acceptors (Lipinski definition) is 4. The van der Waals surface area contributed by atoms with E-state index in [0.717, 1.165) is 49.7 Å². The van der Waals surface area contributed by atoms with Crippen molar-refractivity contribution in [1.29, 1.82) is 0 Å². The summed E-state index contributed by atoms with van der Waals surface area (Å²) in [6.07, 6.45) is 41.7. The Balaban J connectivity index is 1.89. The minimum Gasteiger partial charge on any atom is -0.356 e. The van der Waals surface area contributed by atoms with Gasteiger partial charge >= 0.3 is 0 Å². The smallest absolute Gasteiger partial charge is 0.243 e. The Hall–Kier alpha value is -4.52. The first-order valence-electron chi connectivity index (χ1n) is 23.7. The summed E-state index contributed by atoms with van der Waals surface area (Å²) in [5.41, 5.74) is 8.21. The Labute approximate surface area is 377 Å². The number of unbranched alkanes of at least 4 members (excludes halogenated alkanes) is 4. The van der Waals surface area contributed by atoms with Gasteiger partial charge in [-0.05, 0) is 138 Å². The number of allylic oxidation sites excluding steroid dienone is 19. The van der Waals surface area contributed by atoms with Gasteiger partial charge in [0.25, 0.3) is 0 Å². The van der Waals surface area contributed by atoms with Crippen LogP contribution in [0.3, 0.4) is 0 Å². The second-order valence-corrected chi connectivity index (χ2v) is 18.8. The van der Waals surface area contributed by atoms with Crippen molar-refractivity contribution in [2.24, 2.45) is 16.7 Å². The van der Waals surface area contributed by atoms with Crippen LogP contribution in [0.25, 0.3) is 0 Å². The van der Waals surface area contributed by atoms with E-state index in [1.807, 2.05) is 43.4 Å². The molecule has 0 radical (unpaired) electrons. The molecule has 0 fully saturated rings. The molecular weight excluding hydrogens is 767 g/mol. The van der Waals surface area contributed by atoms with Crippen molar-refractivity contribution in [3.8, 4) is 0 Å². The Bertz CT molecular complexity index is 1770. The lowest BCUT2D eigenvalue weighted by molar-refractivity contribution is -0.128. The van der Waals surface area contributed by atoms with E-state index in [4.69, 9.17) is 0 Å². The normalized spacial score (nSPS) is 18.0. The summed E-state index contributed by atoms with van der Waals surface area (Å²) in [6.45, 7) is 21.5. The molecule has 342 valence electrons. The predicted octanol–water partition coefficient (Wildman–Crippen LogP) is 12.7. The highest BCUT2D eigenvalue weighted by Crippen LogP contribution is 2.41. The van der Waals surface area contributed by atoms with Crippen LogP contribution in [0.4, 0.5) is 0 Å². The molecule has 2 aliphatic carbocycles. The van der Waals surface area contributed by atoms with Gasteiger partial charge in [-0.1, -0.05) is 137 Å². The van der Waals surface area contributed by atoms with Crippen molar-refractivity contribution in [1.82, 2.24) is 16.0 Å². The van der Waals surface area contributed by atoms with E-state index < -0.39 is 5.92 Å². The second kappa shape index (κ2) is 29.7. The lowest BCUT2D eigenvalue weighted by atomic mass is 9.72. The topological polar surface area (TPSA) is 104 Å². The monoisotopic (exact) mass is 850 g/mol. The van der Waals surface area contributed by atoms with Crippen molar-refractivity contribution in [2.45, 2.75) is 165 Å². The van der Waals surface area contributed by atoms with Crippen LogP contribution < -0.4 is 16.0 Å². The molecule has 0 bridgehead atoms. The van der Waals surface area contributed by atoms with Crippen LogP contribution in [0.2, 0.25) is 0 Å². The zero-order valence-electron chi connectivity index (χ0n) is 40.2. The van der Waals surface area contributed by atoms with Crippen LogP contribution in [-0.2, 0) is 19.2 Å². The molecule has 3 N–H and O–H groups in total. The van der Waals surface area contributed by atoms with Crippen LogP contribution in [0.1, 0.15) is 165 Å². The van der Waals surface area contributed by atoms with Crippen LogP contribution in [0.15, 0.2) is 119 Å². The van der Waals surface area contributed by atoms with Gasteiger partial charge in [0.1, 0.15) is 0 Å². The molecule has 2 aliphatic rings. The summed E-state index contributed by atoms with van der Waals surface area (Å²) in [5.74, 6) is -0.715. The molecule has 0 saturated carbocycles. The lowest BCUT2D eigenvalue weighted by Crippen LogP contribution is -2.33. The van der Waals surface area contributed by atoms with Crippen LogP contribution >= 0.6 is 0 Å². The van der Waals surface area contributed by atoms with Crippen molar-refractivity contribution in [3.05, 3.63) is 119 Å². The van der Waals surface area contributed by atoms with Crippen LogP contribution in [-0.4, -0.2) is 43.1 Å². The number of carbonyl (C=O) groups excluding carboxylic acids is 4. The maximum Gasteiger partial charge on any atom is 0.243 e. The van der Waals surface area contributed by atoms with Gasteiger partial charge in [-0.3, -0.25) is 19.2 Å². The molecule has 0 spiro atoms. The van der Waals surface area contributed by atoms with Crippen molar-refractivity contribution >= 4 is 23.5 Å². The number of carbonyl (C=O) groups is 4. The maximum atomic E-state index is 13.4. The standard InChI is InChI=1S/C55H83N3O4/c1-10-11-32-51(60)56-38-20-16-21-40-58-53(62)47(42-48(59)41-44(3)27-23-26-43(2)34-35-50-46(5)29-25-37-55(50,8)9)30-19-22-39-57-52(61)33-18-15-13-12-14-17-31-49-45(4)28-24-36-54(49,6)7/h12-15,17-18,23,26-27,31,33-35,41,47H,10-11,16,19-22,24-25,28-30,32,36-40,42H2,1-9H3,(H,56,60)(H,57,61)(H,58,62)/b14-12+,15-13+,27-23+,31-17+,33-18+,35-34+,43-26+,44-41+. The molecule has 0 aliphatic heterocycles. The Kier molecular flexibility index (Phi) is 25.7. The molecule has 0 heterocycles. The zero-order chi connectivity index (χ0) is 45.8. The van der Waals surface area contributed by atoms with E-state index in [9.17, 15) is 19.2 Å². The first-order valence-corrected chi connectivity index (χ1v) is 23.7. The number of ketones is 1. The Morgan fingerprint density at radius 1 is 0.629 bits per heavy atom. The number of hydrogen-bond donors (Lipinski definition) is 3. The van der Waals surface area contributed by atoms with Crippen molar-refractivity contribution in [3.63, 3.8) is 0 Å². The van der Waals surface area contributed by atoms with Gasteiger partial charge in [0, 0.05) is 44.5 Å². The molecule has 0 saturated heterocycles. The summed E-state index contributed by atoms with van der Waals surface area (Å²) < 4.78 is 0. The number of rotatable bonds is 27. The average molecular weight is 850 g/mol. The summed E-state index contributed by atoms with van der Waals surface area (Å²) >= 11 is 0. The highest BCUT2D eigenvalue weighted by atomic mass is 16.2. The summed E-state index contributed by atoms with van der Waals surface area (Å²) in [5, 5.41) is 8.95. The highest BCUT2D eigenvalue weighted by molar-refractivity contribution is 5.94. The van der Waals surface area contributed by atoms with Crippen molar-refractivity contribution in [2.75, 3.05) is 19.6 Å². The molecule has 0 aromatic carbocycles. The van der Waals surface area contributed by atoms with E-state index in [1.54, 1.807) is 12.2 Å². The van der Waals surface area contributed by atoms with Gasteiger partial charge in [0.15, 0.2) is 5.78 Å².